The second kappa shape index (κ2) is 22.0. The van der Waals surface area contributed by atoms with Gasteiger partial charge in [-0.25, -0.2) is 0 Å². The third-order valence-corrected chi connectivity index (χ3v) is 12.1. The van der Waals surface area contributed by atoms with Gasteiger partial charge in [-0.05, 0) is 12.8 Å². The molecule has 0 fully saturated rings. The molecule has 5 aromatic rings. The van der Waals surface area contributed by atoms with Crippen molar-refractivity contribution in [2.45, 2.75) is 143 Å². The summed E-state index contributed by atoms with van der Waals surface area (Å²) >= 11 is 0.401. The third kappa shape index (κ3) is 11.7. The van der Waals surface area contributed by atoms with Gasteiger partial charge in [0.05, 0.1) is 0 Å². The van der Waals surface area contributed by atoms with Gasteiger partial charge in [0.25, 0.3) is 0 Å². The average Bonchev–Trinajstić information content (AvgIpc) is 3.75. The Balaban J connectivity index is 1.35. The molecule has 0 bridgehead atoms. The molecule has 51 heavy (non-hydrogen) atoms. The van der Waals surface area contributed by atoms with E-state index in [1.807, 2.05) is 0 Å². The molecule has 0 aliphatic rings. The maximum absolute atomic E-state index is 6.18. The topological polar surface area (TPSA) is 26.6 Å². The number of hydrogen-bond donors (Lipinski definition) is 0. The molecule has 0 spiro atoms. The van der Waals surface area contributed by atoms with Crippen LogP contribution in [0, 0.1) is 0 Å². The van der Waals surface area contributed by atoms with Crippen LogP contribution < -0.4 is 14.4 Å². The van der Waals surface area contributed by atoms with Crippen molar-refractivity contribution >= 4 is 52.2 Å². The number of aryl methyl sites for hydroxylation is 1. The fourth-order valence-corrected chi connectivity index (χ4v) is 9.14. The molecule has 0 N–H and O–H groups in total. The minimum absolute atomic E-state index is 0.401. The molecule has 0 atom stereocenters. The number of benzene rings is 3. The van der Waals surface area contributed by atoms with Gasteiger partial charge >= 0.3 is 226 Å². The molecular weight excluding hydrogens is 691 g/mol. The van der Waals surface area contributed by atoms with Gasteiger partial charge in [0.15, 0.2) is 0 Å². The molecule has 5 rings (SSSR count). The molecule has 0 radical (unpaired) electrons. The molecule has 276 valence electrons. The number of fused-ring (bicyclic) bond motifs is 3. The van der Waals surface area contributed by atoms with Gasteiger partial charge < -0.3 is 0 Å². The van der Waals surface area contributed by atoms with Crippen molar-refractivity contribution in [1.82, 2.24) is 4.57 Å². The summed E-state index contributed by atoms with van der Waals surface area (Å²) in [6.07, 6.45) is 23.1. The zero-order valence-corrected chi connectivity index (χ0v) is 33.7. The summed E-state index contributed by atoms with van der Waals surface area (Å²) in [5, 5.41) is 1.42. The van der Waals surface area contributed by atoms with E-state index in [0.717, 1.165) is 55.5 Å². The Morgan fingerprint density at radius 2 is 0.961 bits per heavy atom. The van der Waals surface area contributed by atoms with Crippen LogP contribution >= 0.6 is 0 Å². The van der Waals surface area contributed by atoms with Crippen LogP contribution in [-0.2, 0) is 6.54 Å². The first kappa shape index (κ1) is 39.1. The summed E-state index contributed by atoms with van der Waals surface area (Å²) in [4.78, 5) is 4.78. The first-order chi connectivity index (χ1) is 25.2. The van der Waals surface area contributed by atoms with Crippen LogP contribution in [0.1, 0.15) is 136 Å². The second-order valence-corrected chi connectivity index (χ2v) is 16.2. The summed E-state index contributed by atoms with van der Waals surface area (Å²) in [6.45, 7) is 9.48. The van der Waals surface area contributed by atoms with Gasteiger partial charge in [-0.1, -0.05) is 78.1 Å². The van der Waals surface area contributed by atoms with Crippen LogP contribution in [0.15, 0.2) is 77.7 Å². The first-order valence-corrected chi connectivity index (χ1v) is 22.3. The van der Waals surface area contributed by atoms with Crippen molar-refractivity contribution in [3.63, 3.8) is 0 Å². The standard InChI is InChI=1S/C46H64N2O2Se/c1-4-7-10-13-16-19-33-47-44-32-36-51-46(44)43-31-26-40(37-45(43)47)48(38-22-27-41(28-23-38)49-34-20-17-14-11-8-5-2)39-24-29-42(30-25-39)50-35-21-18-15-12-9-6-3/h22-32,36-37H,4-21,33-35H2,1-3H3. The summed E-state index contributed by atoms with van der Waals surface area (Å²) in [5.74, 6) is 1.89. The van der Waals surface area contributed by atoms with E-state index in [2.05, 4.69) is 108 Å². The van der Waals surface area contributed by atoms with Crippen molar-refractivity contribution in [2.24, 2.45) is 0 Å². The predicted octanol–water partition coefficient (Wildman–Crippen LogP) is 14.2. The number of aromatic nitrogens is 1. The van der Waals surface area contributed by atoms with Crippen LogP contribution in [0.2, 0.25) is 0 Å². The van der Waals surface area contributed by atoms with Crippen molar-refractivity contribution in [3.05, 3.63) is 77.7 Å². The zero-order valence-electron chi connectivity index (χ0n) is 32.0. The third-order valence-electron chi connectivity index (χ3n) is 10.2. The zero-order chi connectivity index (χ0) is 35.5. The number of nitrogens with zero attached hydrogens (tertiary/aromatic N) is 2. The van der Waals surface area contributed by atoms with Crippen molar-refractivity contribution in [2.75, 3.05) is 18.1 Å². The summed E-state index contributed by atoms with van der Waals surface area (Å²) in [7, 11) is 0. The Bertz CT molecular complexity index is 1610. The van der Waals surface area contributed by atoms with Crippen molar-refractivity contribution in [3.8, 4) is 11.5 Å². The Kier molecular flexibility index (Phi) is 16.9. The molecule has 3 aromatic carbocycles. The normalized spacial score (nSPS) is 11.5. The second-order valence-electron chi connectivity index (χ2n) is 14.3. The average molecular weight is 756 g/mol. The van der Waals surface area contributed by atoms with Gasteiger partial charge in [-0.15, -0.1) is 0 Å². The molecule has 0 aliphatic carbocycles. The number of hydrogen-bond acceptors (Lipinski definition) is 3. The molecular formula is C46H64N2O2Se. The summed E-state index contributed by atoms with van der Waals surface area (Å²) in [6, 6.07) is 26.9. The van der Waals surface area contributed by atoms with Gasteiger partial charge in [-0.3, -0.25) is 0 Å². The SMILES string of the molecule is CCCCCCCCOc1ccc(N(c2ccc(OCCCCCCCC)cc2)c2ccc3c4[se]ccc4n(CCCCCCCC)c3c2)cc1. The Morgan fingerprint density at radius 3 is 1.49 bits per heavy atom. The monoisotopic (exact) mass is 756 g/mol. The molecule has 2 aromatic heterocycles. The molecule has 2 heterocycles. The van der Waals surface area contributed by atoms with E-state index in [-0.39, 0.29) is 0 Å². The fourth-order valence-electron chi connectivity index (χ4n) is 7.19. The van der Waals surface area contributed by atoms with Crippen LogP contribution in [0.25, 0.3) is 20.7 Å². The summed E-state index contributed by atoms with van der Waals surface area (Å²) < 4.78 is 16.5. The molecule has 0 aliphatic heterocycles. The van der Waals surface area contributed by atoms with Gasteiger partial charge in [0, 0.05) is 0 Å². The van der Waals surface area contributed by atoms with Crippen LogP contribution in [-0.4, -0.2) is 32.3 Å². The van der Waals surface area contributed by atoms with E-state index in [9.17, 15) is 0 Å². The molecule has 0 amide bonds. The number of anilines is 3. The molecule has 5 heteroatoms. The van der Waals surface area contributed by atoms with E-state index in [1.54, 1.807) is 4.26 Å². The van der Waals surface area contributed by atoms with E-state index < -0.39 is 0 Å². The molecule has 4 nitrogen and oxygen atoms in total. The first-order valence-electron chi connectivity index (χ1n) is 20.5. The predicted molar refractivity (Wildman–Crippen MR) is 222 cm³/mol. The maximum atomic E-state index is 6.18. The Morgan fingerprint density at radius 1 is 0.490 bits per heavy atom. The van der Waals surface area contributed by atoms with Crippen LogP contribution in [0.4, 0.5) is 17.1 Å². The van der Waals surface area contributed by atoms with Crippen molar-refractivity contribution in [1.29, 1.82) is 0 Å². The Labute approximate surface area is 315 Å². The molecule has 0 unspecified atom stereocenters. The fraction of sp³-hybridized carbons (Fsp3) is 0.522. The number of ether oxygens (including phenoxy) is 2. The van der Waals surface area contributed by atoms with Crippen molar-refractivity contribution < 1.29 is 9.47 Å². The van der Waals surface area contributed by atoms with E-state index >= 15 is 0 Å². The quantitative estimate of drug-likeness (QED) is 0.0415. The summed E-state index contributed by atoms with van der Waals surface area (Å²) in [5.41, 5.74) is 6.24. The van der Waals surface area contributed by atoms with E-state index in [1.165, 1.54) is 125 Å². The molecule has 0 saturated heterocycles. The van der Waals surface area contributed by atoms with E-state index in [0.29, 0.717) is 14.5 Å². The Hall–Kier alpha value is -3.14. The molecule has 0 saturated carbocycles. The van der Waals surface area contributed by atoms with Gasteiger partial charge in [-0.2, -0.15) is 0 Å². The van der Waals surface area contributed by atoms with Gasteiger partial charge in [0.1, 0.15) is 0 Å². The van der Waals surface area contributed by atoms with Gasteiger partial charge in [0.2, 0.25) is 0 Å². The van der Waals surface area contributed by atoms with Crippen LogP contribution in [0.5, 0.6) is 11.5 Å². The number of rotatable bonds is 26. The van der Waals surface area contributed by atoms with E-state index in [4.69, 9.17) is 9.47 Å². The minimum atomic E-state index is 0.401. The number of unbranched alkanes of at least 4 members (excludes halogenated alkanes) is 15. The van der Waals surface area contributed by atoms with Crippen LogP contribution in [0.3, 0.4) is 0 Å².